The summed E-state index contributed by atoms with van der Waals surface area (Å²) in [6.07, 6.45) is 0. The molecule has 2 aromatic rings. The SMILES string of the molecule is CC(C)S(=O)(=O)c1nc2ccc(N)cc2[nH]1. The van der Waals surface area contributed by atoms with Gasteiger partial charge in [-0.05, 0) is 32.0 Å². The van der Waals surface area contributed by atoms with Crippen LogP contribution in [-0.4, -0.2) is 23.6 Å². The van der Waals surface area contributed by atoms with Crippen molar-refractivity contribution in [3.05, 3.63) is 18.2 Å². The third-order valence-electron chi connectivity index (χ3n) is 2.37. The van der Waals surface area contributed by atoms with E-state index in [0.29, 0.717) is 16.7 Å². The smallest absolute Gasteiger partial charge is 0.226 e. The molecule has 5 nitrogen and oxygen atoms in total. The van der Waals surface area contributed by atoms with Crippen LogP contribution in [0.15, 0.2) is 23.4 Å². The Labute approximate surface area is 93.6 Å². The zero-order valence-electron chi connectivity index (χ0n) is 9.06. The first-order valence-corrected chi connectivity index (χ1v) is 6.45. The number of nitrogens with one attached hydrogen (secondary N) is 1. The highest BCUT2D eigenvalue weighted by atomic mass is 32.2. The number of nitrogens with zero attached hydrogens (tertiary/aromatic N) is 1. The van der Waals surface area contributed by atoms with Crippen molar-refractivity contribution in [3.8, 4) is 0 Å². The molecule has 0 aliphatic rings. The van der Waals surface area contributed by atoms with Gasteiger partial charge in [0.1, 0.15) is 0 Å². The number of H-pyrrole nitrogens is 1. The first-order valence-electron chi connectivity index (χ1n) is 4.90. The van der Waals surface area contributed by atoms with E-state index in [-0.39, 0.29) is 5.16 Å². The Kier molecular flexibility index (Phi) is 2.38. The molecular formula is C10H13N3O2S. The number of imidazole rings is 1. The van der Waals surface area contributed by atoms with Gasteiger partial charge in [0.25, 0.3) is 0 Å². The molecule has 0 aliphatic carbocycles. The predicted octanol–water partition coefficient (Wildman–Crippen LogP) is 1.33. The lowest BCUT2D eigenvalue weighted by Crippen LogP contribution is -2.15. The molecule has 0 fully saturated rings. The third kappa shape index (κ3) is 1.65. The second-order valence-electron chi connectivity index (χ2n) is 3.91. The summed E-state index contributed by atoms with van der Waals surface area (Å²) in [6, 6.07) is 5.05. The first kappa shape index (κ1) is 10.9. The van der Waals surface area contributed by atoms with Crippen LogP contribution in [0.2, 0.25) is 0 Å². The van der Waals surface area contributed by atoms with Crippen molar-refractivity contribution < 1.29 is 8.42 Å². The van der Waals surface area contributed by atoms with Crippen molar-refractivity contribution in [2.24, 2.45) is 0 Å². The van der Waals surface area contributed by atoms with Crippen LogP contribution in [0, 0.1) is 0 Å². The third-order valence-corrected chi connectivity index (χ3v) is 4.35. The van der Waals surface area contributed by atoms with Crippen molar-refractivity contribution in [1.82, 2.24) is 9.97 Å². The average Bonchev–Trinajstić information content (AvgIpc) is 2.60. The Morgan fingerprint density at radius 3 is 2.69 bits per heavy atom. The van der Waals surface area contributed by atoms with E-state index in [4.69, 9.17) is 5.73 Å². The summed E-state index contributed by atoms with van der Waals surface area (Å²) >= 11 is 0. The number of hydrogen-bond acceptors (Lipinski definition) is 4. The highest BCUT2D eigenvalue weighted by Crippen LogP contribution is 2.19. The van der Waals surface area contributed by atoms with Gasteiger partial charge in [0.05, 0.1) is 16.3 Å². The summed E-state index contributed by atoms with van der Waals surface area (Å²) in [6.45, 7) is 3.24. The Morgan fingerprint density at radius 2 is 2.06 bits per heavy atom. The highest BCUT2D eigenvalue weighted by Gasteiger charge is 2.22. The molecule has 6 heteroatoms. The summed E-state index contributed by atoms with van der Waals surface area (Å²) in [5.41, 5.74) is 7.42. The van der Waals surface area contributed by atoms with Crippen LogP contribution in [0.3, 0.4) is 0 Å². The molecule has 86 valence electrons. The van der Waals surface area contributed by atoms with E-state index < -0.39 is 15.1 Å². The molecule has 1 aromatic heterocycles. The number of aromatic amines is 1. The predicted molar refractivity (Wildman–Crippen MR) is 62.8 cm³/mol. The highest BCUT2D eigenvalue weighted by molar-refractivity contribution is 7.91. The minimum absolute atomic E-state index is 0.00287. The van der Waals surface area contributed by atoms with Crippen molar-refractivity contribution >= 4 is 26.6 Å². The Bertz CT molecular complexity index is 629. The normalized spacial score (nSPS) is 12.4. The molecule has 0 unspecified atom stereocenters. The lowest BCUT2D eigenvalue weighted by Gasteiger charge is -2.02. The lowest BCUT2D eigenvalue weighted by atomic mass is 10.3. The number of hydrogen-bond donors (Lipinski definition) is 2. The lowest BCUT2D eigenvalue weighted by molar-refractivity contribution is 0.580. The number of benzene rings is 1. The minimum atomic E-state index is -3.36. The second kappa shape index (κ2) is 3.48. The summed E-state index contributed by atoms with van der Waals surface area (Å²) < 4.78 is 23.7. The standard InChI is InChI=1S/C10H13N3O2S/c1-6(2)16(14,15)10-12-8-4-3-7(11)5-9(8)13-10/h3-6H,11H2,1-2H3,(H,12,13). The Hall–Kier alpha value is -1.56. The minimum Gasteiger partial charge on any atom is -0.399 e. The Morgan fingerprint density at radius 1 is 1.38 bits per heavy atom. The number of sulfone groups is 1. The van der Waals surface area contributed by atoms with E-state index in [1.54, 1.807) is 32.0 Å². The summed E-state index contributed by atoms with van der Waals surface area (Å²) in [5, 5.41) is -0.492. The van der Waals surface area contributed by atoms with Gasteiger partial charge < -0.3 is 10.7 Å². The molecule has 3 N–H and O–H groups in total. The number of aromatic nitrogens is 2. The molecule has 0 aliphatic heterocycles. The molecule has 1 heterocycles. The molecule has 0 atom stereocenters. The molecule has 1 aromatic carbocycles. The second-order valence-corrected chi connectivity index (χ2v) is 6.33. The fraction of sp³-hybridized carbons (Fsp3) is 0.300. The monoisotopic (exact) mass is 239 g/mol. The number of nitrogen functional groups attached to an aromatic ring is 1. The van der Waals surface area contributed by atoms with Gasteiger partial charge in [0.15, 0.2) is 0 Å². The molecule has 2 rings (SSSR count). The zero-order valence-corrected chi connectivity index (χ0v) is 9.88. The molecule has 16 heavy (non-hydrogen) atoms. The van der Waals surface area contributed by atoms with E-state index in [1.807, 2.05) is 0 Å². The average molecular weight is 239 g/mol. The summed E-state index contributed by atoms with van der Waals surface area (Å²) in [5.74, 6) is 0. The van der Waals surface area contributed by atoms with E-state index in [1.165, 1.54) is 0 Å². The topological polar surface area (TPSA) is 88.8 Å². The van der Waals surface area contributed by atoms with Crippen LogP contribution in [0.4, 0.5) is 5.69 Å². The maximum absolute atomic E-state index is 11.9. The van der Waals surface area contributed by atoms with Crippen molar-refractivity contribution in [3.63, 3.8) is 0 Å². The van der Waals surface area contributed by atoms with Gasteiger partial charge in [-0.3, -0.25) is 0 Å². The van der Waals surface area contributed by atoms with Gasteiger partial charge in [0.2, 0.25) is 15.0 Å². The quantitative estimate of drug-likeness (QED) is 0.774. The summed E-state index contributed by atoms with van der Waals surface area (Å²) in [4.78, 5) is 6.83. The molecule has 0 spiro atoms. The molecule has 0 saturated heterocycles. The molecule has 0 saturated carbocycles. The van der Waals surface area contributed by atoms with Gasteiger partial charge >= 0.3 is 0 Å². The van der Waals surface area contributed by atoms with E-state index in [9.17, 15) is 8.42 Å². The number of anilines is 1. The number of rotatable bonds is 2. The van der Waals surface area contributed by atoms with Gasteiger partial charge in [-0.25, -0.2) is 13.4 Å². The number of nitrogens with two attached hydrogens (primary N) is 1. The Balaban J connectivity index is 2.65. The van der Waals surface area contributed by atoms with Crippen LogP contribution in [0.5, 0.6) is 0 Å². The van der Waals surface area contributed by atoms with Crippen LogP contribution in [0.25, 0.3) is 11.0 Å². The van der Waals surface area contributed by atoms with Crippen LogP contribution < -0.4 is 5.73 Å². The fourth-order valence-corrected chi connectivity index (χ4v) is 2.29. The molecule has 0 radical (unpaired) electrons. The molecule has 0 amide bonds. The van der Waals surface area contributed by atoms with E-state index in [2.05, 4.69) is 9.97 Å². The van der Waals surface area contributed by atoms with Crippen LogP contribution >= 0.6 is 0 Å². The summed E-state index contributed by atoms with van der Waals surface area (Å²) in [7, 11) is -3.36. The maximum Gasteiger partial charge on any atom is 0.226 e. The molecule has 0 bridgehead atoms. The first-order chi connectivity index (χ1) is 7.41. The van der Waals surface area contributed by atoms with Gasteiger partial charge in [-0.1, -0.05) is 0 Å². The van der Waals surface area contributed by atoms with Gasteiger partial charge in [-0.15, -0.1) is 0 Å². The van der Waals surface area contributed by atoms with Gasteiger partial charge in [0, 0.05) is 5.69 Å². The van der Waals surface area contributed by atoms with E-state index in [0.717, 1.165) is 0 Å². The fourth-order valence-electron chi connectivity index (χ4n) is 1.36. The van der Waals surface area contributed by atoms with Crippen molar-refractivity contribution in [1.29, 1.82) is 0 Å². The van der Waals surface area contributed by atoms with Gasteiger partial charge in [-0.2, -0.15) is 0 Å². The number of fused-ring (bicyclic) bond motifs is 1. The zero-order chi connectivity index (χ0) is 11.9. The maximum atomic E-state index is 11.9. The largest absolute Gasteiger partial charge is 0.399 e. The van der Waals surface area contributed by atoms with Crippen LogP contribution in [0.1, 0.15) is 13.8 Å². The van der Waals surface area contributed by atoms with Crippen molar-refractivity contribution in [2.75, 3.05) is 5.73 Å². The molecular weight excluding hydrogens is 226 g/mol. The van der Waals surface area contributed by atoms with Crippen molar-refractivity contribution in [2.45, 2.75) is 24.3 Å². The van der Waals surface area contributed by atoms with E-state index >= 15 is 0 Å². The van der Waals surface area contributed by atoms with Crippen LogP contribution in [-0.2, 0) is 9.84 Å².